The van der Waals surface area contributed by atoms with Crippen molar-refractivity contribution >= 4 is 11.0 Å². The molecule has 3 heteroatoms. The van der Waals surface area contributed by atoms with Gasteiger partial charge in [-0.3, -0.25) is 0 Å². The number of hydrogen-bond acceptors (Lipinski definition) is 2. The highest BCUT2D eigenvalue weighted by Crippen LogP contribution is 2.19. The third-order valence-corrected chi connectivity index (χ3v) is 3.41. The molecule has 1 atom stereocenters. The molecule has 1 N–H and O–H groups in total. The van der Waals surface area contributed by atoms with Crippen molar-refractivity contribution in [2.24, 2.45) is 0 Å². The number of aromatic amines is 1. The SMILES string of the molecule is Cc1ccc2nc(CCC3CCCO3)[nH]c2c1. The Bertz CT molecular complexity index is 512. The molecule has 1 saturated heterocycles. The van der Waals surface area contributed by atoms with E-state index in [1.54, 1.807) is 0 Å². The number of benzene rings is 1. The molecule has 3 nitrogen and oxygen atoms in total. The first-order chi connectivity index (χ1) is 8.31. The zero-order valence-electron chi connectivity index (χ0n) is 10.2. The average Bonchev–Trinajstić information content (AvgIpc) is 2.94. The topological polar surface area (TPSA) is 37.9 Å². The van der Waals surface area contributed by atoms with Crippen molar-refractivity contribution < 1.29 is 4.74 Å². The van der Waals surface area contributed by atoms with Crippen LogP contribution < -0.4 is 0 Å². The highest BCUT2D eigenvalue weighted by Gasteiger charge is 2.15. The first-order valence-corrected chi connectivity index (χ1v) is 6.38. The van der Waals surface area contributed by atoms with E-state index in [1.807, 2.05) is 0 Å². The van der Waals surface area contributed by atoms with Crippen molar-refractivity contribution in [1.29, 1.82) is 0 Å². The standard InChI is InChI=1S/C14H18N2O/c1-10-4-6-12-13(9-10)16-14(15-12)7-5-11-3-2-8-17-11/h4,6,9,11H,2-3,5,7-8H2,1H3,(H,15,16). The summed E-state index contributed by atoms with van der Waals surface area (Å²) >= 11 is 0. The molecular formula is C14H18N2O. The summed E-state index contributed by atoms with van der Waals surface area (Å²) in [6, 6.07) is 6.33. The molecule has 1 aromatic carbocycles. The lowest BCUT2D eigenvalue weighted by atomic mass is 10.1. The quantitative estimate of drug-likeness (QED) is 0.880. The van der Waals surface area contributed by atoms with Gasteiger partial charge in [0.1, 0.15) is 5.82 Å². The van der Waals surface area contributed by atoms with Crippen molar-refractivity contribution in [2.75, 3.05) is 6.61 Å². The predicted molar refractivity (Wildman–Crippen MR) is 68.1 cm³/mol. The highest BCUT2D eigenvalue weighted by atomic mass is 16.5. The van der Waals surface area contributed by atoms with Crippen LogP contribution in [0.15, 0.2) is 18.2 Å². The monoisotopic (exact) mass is 230 g/mol. The lowest BCUT2D eigenvalue weighted by molar-refractivity contribution is 0.104. The Morgan fingerprint density at radius 3 is 3.24 bits per heavy atom. The van der Waals surface area contributed by atoms with E-state index in [-0.39, 0.29) is 0 Å². The van der Waals surface area contributed by atoms with Gasteiger partial charge >= 0.3 is 0 Å². The summed E-state index contributed by atoms with van der Waals surface area (Å²) in [6.07, 6.45) is 4.94. The zero-order chi connectivity index (χ0) is 11.7. The summed E-state index contributed by atoms with van der Waals surface area (Å²) in [5.41, 5.74) is 3.48. The van der Waals surface area contributed by atoms with Gasteiger partial charge in [-0.2, -0.15) is 0 Å². The van der Waals surface area contributed by atoms with Crippen LogP contribution in [0.4, 0.5) is 0 Å². The molecule has 0 bridgehead atoms. The smallest absolute Gasteiger partial charge is 0.107 e. The number of aromatic nitrogens is 2. The van der Waals surface area contributed by atoms with E-state index in [0.29, 0.717) is 6.10 Å². The van der Waals surface area contributed by atoms with Crippen molar-refractivity contribution in [1.82, 2.24) is 9.97 Å². The first-order valence-electron chi connectivity index (χ1n) is 6.38. The van der Waals surface area contributed by atoms with Crippen molar-refractivity contribution in [3.63, 3.8) is 0 Å². The Kier molecular flexibility index (Phi) is 2.85. The van der Waals surface area contributed by atoms with Crippen LogP contribution in [0.5, 0.6) is 0 Å². The third-order valence-electron chi connectivity index (χ3n) is 3.41. The molecule has 1 aliphatic rings. The van der Waals surface area contributed by atoms with Gasteiger partial charge in [-0.05, 0) is 43.9 Å². The van der Waals surface area contributed by atoms with Crippen LogP contribution in [0.1, 0.15) is 30.7 Å². The Morgan fingerprint density at radius 1 is 1.47 bits per heavy atom. The molecule has 1 fully saturated rings. The van der Waals surface area contributed by atoms with E-state index >= 15 is 0 Å². The molecule has 0 saturated carbocycles. The minimum atomic E-state index is 0.449. The Hall–Kier alpha value is -1.35. The molecule has 0 spiro atoms. The van der Waals surface area contributed by atoms with Crippen molar-refractivity contribution in [3.8, 4) is 0 Å². The van der Waals surface area contributed by atoms with E-state index in [4.69, 9.17) is 4.74 Å². The minimum absolute atomic E-state index is 0.449. The van der Waals surface area contributed by atoms with Crippen LogP contribution in [0.3, 0.4) is 0 Å². The van der Waals surface area contributed by atoms with Crippen LogP contribution in [0.25, 0.3) is 11.0 Å². The third kappa shape index (κ3) is 2.34. The Balaban J connectivity index is 1.72. The zero-order valence-corrected chi connectivity index (χ0v) is 10.2. The molecule has 90 valence electrons. The van der Waals surface area contributed by atoms with Crippen LogP contribution in [0, 0.1) is 6.92 Å². The number of rotatable bonds is 3. The lowest BCUT2D eigenvalue weighted by Gasteiger charge is -2.06. The van der Waals surface area contributed by atoms with Crippen molar-refractivity contribution in [3.05, 3.63) is 29.6 Å². The van der Waals surface area contributed by atoms with Crippen LogP contribution in [0.2, 0.25) is 0 Å². The highest BCUT2D eigenvalue weighted by molar-refractivity contribution is 5.75. The van der Waals surface area contributed by atoms with E-state index < -0.39 is 0 Å². The molecule has 0 amide bonds. The molecule has 2 heterocycles. The molecule has 1 aliphatic heterocycles. The summed E-state index contributed by atoms with van der Waals surface area (Å²) in [7, 11) is 0. The maximum absolute atomic E-state index is 5.63. The number of H-pyrrole nitrogens is 1. The van der Waals surface area contributed by atoms with Gasteiger partial charge < -0.3 is 9.72 Å². The summed E-state index contributed by atoms with van der Waals surface area (Å²) in [5.74, 6) is 1.08. The number of nitrogens with zero attached hydrogens (tertiary/aromatic N) is 1. The van der Waals surface area contributed by atoms with Crippen molar-refractivity contribution in [2.45, 2.75) is 38.7 Å². The Labute approximate surface area is 101 Å². The number of aryl methyl sites for hydroxylation is 2. The summed E-state index contributed by atoms with van der Waals surface area (Å²) < 4.78 is 5.63. The molecular weight excluding hydrogens is 212 g/mol. The largest absolute Gasteiger partial charge is 0.378 e. The minimum Gasteiger partial charge on any atom is -0.378 e. The second kappa shape index (κ2) is 4.49. The van der Waals surface area contributed by atoms with Gasteiger partial charge in [0.15, 0.2) is 0 Å². The lowest BCUT2D eigenvalue weighted by Crippen LogP contribution is -2.06. The second-order valence-electron chi connectivity index (χ2n) is 4.88. The number of hydrogen-bond donors (Lipinski definition) is 1. The van der Waals surface area contributed by atoms with Gasteiger partial charge in [0.2, 0.25) is 0 Å². The fourth-order valence-corrected chi connectivity index (χ4v) is 2.46. The van der Waals surface area contributed by atoms with E-state index in [1.165, 1.54) is 18.4 Å². The van der Waals surface area contributed by atoms with E-state index in [9.17, 15) is 0 Å². The first kappa shape index (κ1) is 10.8. The fraction of sp³-hybridized carbons (Fsp3) is 0.500. The molecule has 1 unspecified atom stereocenters. The summed E-state index contributed by atoms with van der Waals surface area (Å²) in [5, 5.41) is 0. The number of fused-ring (bicyclic) bond motifs is 1. The molecule has 17 heavy (non-hydrogen) atoms. The predicted octanol–water partition coefficient (Wildman–Crippen LogP) is 2.98. The van der Waals surface area contributed by atoms with Gasteiger partial charge in [-0.25, -0.2) is 4.98 Å². The average molecular weight is 230 g/mol. The van der Waals surface area contributed by atoms with Crippen LogP contribution in [-0.4, -0.2) is 22.7 Å². The molecule has 2 aromatic rings. The normalized spacial score (nSPS) is 20.2. The maximum Gasteiger partial charge on any atom is 0.107 e. The molecule has 0 aliphatic carbocycles. The van der Waals surface area contributed by atoms with Gasteiger partial charge in [-0.15, -0.1) is 0 Å². The van der Waals surface area contributed by atoms with Gasteiger partial charge in [0.05, 0.1) is 17.1 Å². The second-order valence-corrected chi connectivity index (χ2v) is 4.88. The summed E-state index contributed by atoms with van der Waals surface area (Å²) in [4.78, 5) is 8.00. The molecule has 1 aromatic heterocycles. The number of imidazole rings is 1. The van der Waals surface area contributed by atoms with E-state index in [0.717, 1.165) is 36.3 Å². The number of nitrogens with one attached hydrogen (secondary N) is 1. The Morgan fingerprint density at radius 2 is 2.41 bits per heavy atom. The summed E-state index contributed by atoms with van der Waals surface area (Å²) in [6.45, 7) is 3.04. The van der Waals surface area contributed by atoms with Crippen LogP contribution >= 0.6 is 0 Å². The number of ether oxygens (including phenoxy) is 1. The molecule has 0 radical (unpaired) electrons. The maximum atomic E-state index is 5.63. The molecule has 3 rings (SSSR count). The van der Waals surface area contributed by atoms with Gasteiger partial charge in [-0.1, -0.05) is 6.07 Å². The van der Waals surface area contributed by atoms with Crippen LogP contribution in [-0.2, 0) is 11.2 Å². The van der Waals surface area contributed by atoms with Gasteiger partial charge in [0, 0.05) is 13.0 Å². The van der Waals surface area contributed by atoms with E-state index in [2.05, 4.69) is 35.1 Å². The fourth-order valence-electron chi connectivity index (χ4n) is 2.46. The van der Waals surface area contributed by atoms with Gasteiger partial charge in [0.25, 0.3) is 0 Å².